The molecule has 0 radical (unpaired) electrons. The summed E-state index contributed by atoms with van der Waals surface area (Å²) >= 11 is 0. The van der Waals surface area contributed by atoms with Crippen LogP contribution in [0.5, 0.6) is 0 Å². The van der Waals surface area contributed by atoms with Crippen LogP contribution in [0.4, 0.5) is 0 Å². The molecule has 0 saturated carbocycles. The van der Waals surface area contributed by atoms with Gasteiger partial charge in [-0.1, -0.05) is 163 Å². The van der Waals surface area contributed by atoms with E-state index in [0.29, 0.717) is 44.1 Å². The van der Waals surface area contributed by atoms with Gasteiger partial charge < -0.3 is 9.13 Å². The molecule has 2 aromatic heterocycles. The zero-order valence-corrected chi connectivity index (χ0v) is 29.2. The van der Waals surface area contributed by atoms with Crippen molar-refractivity contribution in [2.75, 3.05) is 0 Å². The lowest BCUT2D eigenvalue weighted by atomic mass is 9.84. The highest BCUT2D eigenvalue weighted by Gasteiger charge is 2.21. The molecule has 0 aliphatic carbocycles. The highest BCUT2D eigenvalue weighted by atomic mass is 15.0. The van der Waals surface area contributed by atoms with Crippen LogP contribution in [0.15, 0.2) is 218 Å². The molecule has 9 aromatic carbocycles. The van der Waals surface area contributed by atoms with Crippen molar-refractivity contribution in [3.8, 4) is 55.9 Å². The van der Waals surface area contributed by atoms with Gasteiger partial charge in [-0.05, 0) is 99.1 Å². The molecule has 11 aromatic rings. The largest absolute Gasteiger partial charge is 0.309 e. The van der Waals surface area contributed by atoms with Crippen molar-refractivity contribution in [1.82, 2.24) is 9.13 Å². The van der Waals surface area contributed by atoms with Crippen molar-refractivity contribution in [3.05, 3.63) is 218 Å². The van der Waals surface area contributed by atoms with Gasteiger partial charge in [0, 0.05) is 27.2 Å². The van der Waals surface area contributed by atoms with Crippen LogP contribution >= 0.6 is 0 Å². The molecule has 0 aliphatic rings. The van der Waals surface area contributed by atoms with Gasteiger partial charge in [0.2, 0.25) is 0 Å². The quantitative estimate of drug-likeness (QED) is 0.161. The van der Waals surface area contributed by atoms with E-state index < -0.39 is 96.7 Å². The molecule has 0 spiro atoms. The second kappa shape index (κ2) is 13.2. The van der Waals surface area contributed by atoms with Gasteiger partial charge >= 0.3 is 0 Å². The Morgan fingerprint density at radius 3 is 1.59 bits per heavy atom. The van der Waals surface area contributed by atoms with Crippen LogP contribution in [0.3, 0.4) is 0 Å². The number of nitrogens with zero attached hydrogens (tertiary/aromatic N) is 2. The van der Waals surface area contributed by atoms with Gasteiger partial charge in [-0.15, -0.1) is 0 Å². The van der Waals surface area contributed by atoms with Crippen LogP contribution in [-0.4, -0.2) is 9.13 Å². The number of fused-ring (bicyclic) bond motifs is 6. The van der Waals surface area contributed by atoms with Gasteiger partial charge in [-0.25, -0.2) is 0 Å². The molecular formula is C54H36N2. The monoisotopic (exact) mass is 731 g/mol. The predicted molar refractivity (Wildman–Crippen MR) is 237 cm³/mol. The highest BCUT2D eigenvalue weighted by molar-refractivity contribution is 6.16. The van der Waals surface area contributed by atoms with Crippen LogP contribution in [0, 0.1) is 0 Å². The molecule has 0 unspecified atom stereocenters. The van der Waals surface area contributed by atoms with Gasteiger partial charge in [0.1, 0.15) is 0 Å². The topological polar surface area (TPSA) is 9.86 Å². The number of aromatic nitrogens is 2. The normalized spacial score (nSPS) is 16.3. The van der Waals surface area contributed by atoms with E-state index in [1.54, 1.807) is 24.3 Å². The zero-order valence-electron chi connectivity index (χ0n) is 48.2. The molecule has 0 bridgehead atoms. The molecule has 56 heavy (non-hydrogen) atoms. The summed E-state index contributed by atoms with van der Waals surface area (Å²) in [5, 5.41) is 2.43. The third-order valence-electron chi connectivity index (χ3n) is 10.1. The molecule has 2 heterocycles. The van der Waals surface area contributed by atoms with Gasteiger partial charge in [-0.2, -0.15) is 0 Å². The Bertz CT molecular complexity index is 4190. The van der Waals surface area contributed by atoms with Crippen molar-refractivity contribution in [2.24, 2.45) is 0 Å². The fraction of sp³-hybridized carbons (Fsp3) is 0. The van der Waals surface area contributed by atoms with E-state index in [1.807, 2.05) is 75.9 Å². The van der Waals surface area contributed by atoms with Gasteiger partial charge in [-0.3, -0.25) is 0 Å². The van der Waals surface area contributed by atoms with Crippen molar-refractivity contribution in [3.63, 3.8) is 0 Å². The maximum atomic E-state index is 9.27. The first-order valence-corrected chi connectivity index (χ1v) is 17.7. The summed E-state index contributed by atoms with van der Waals surface area (Å²) in [6.45, 7) is 0. The Labute approximate surface area is 352 Å². The predicted octanol–water partition coefficient (Wildman–Crippen LogP) is 14.5. The van der Waals surface area contributed by atoms with Crippen molar-refractivity contribution in [2.45, 2.75) is 0 Å². The minimum absolute atomic E-state index is 0.0194. The maximum absolute atomic E-state index is 9.27. The molecule has 2 nitrogen and oxygen atoms in total. The molecule has 2 heteroatoms. The molecule has 0 saturated heterocycles. The molecule has 0 N–H and O–H groups in total. The van der Waals surface area contributed by atoms with E-state index in [1.165, 1.54) is 12.1 Å². The fourth-order valence-electron chi connectivity index (χ4n) is 7.84. The minimum Gasteiger partial charge on any atom is -0.309 e. The summed E-state index contributed by atoms with van der Waals surface area (Å²) in [6, 6.07) is 18.4. The summed E-state index contributed by atoms with van der Waals surface area (Å²) in [7, 11) is 0. The number of benzene rings is 9. The minimum atomic E-state index is -0.719. The van der Waals surface area contributed by atoms with Gasteiger partial charge in [0.25, 0.3) is 0 Å². The Morgan fingerprint density at radius 2 is 0.893 bits per heavy atom. The van der Waals surface area contributed by atoms with Crippen LogP contribution < -0.4 is 0 Å². The lowest BCUT2D eigenvalue weighted by Crippen LogP contribution is -1.98. The first kappa shape index (κ1) is 18.3. The second-order valence-corrected chi connectivity index (χ2v) is 13.1. The molecule has 0 amide bonds. The number of hydrogen-bond acceptors (Lipinski definition) is 0. The Morgan fingerprint density at radius 1 is 0.339 bits per heavy atom. The summed E-state index contributed by atoms with van der Waals surface area (Å²) in [4.78, 5) is 0. The summed E-state index contributed by atoms with van der Waals surface area (Å²) in [6.07, 6.45) is 0. The van der Waals surface area contributed by atoms with Gasteiger partial charge in [0.15, 0.2) is 0 Å². The van der Waals surface area contributed by atoms with Crippen LogP contribution in [0.1, 0.15) is 26.0 Å². The van der Waals surface area contributed by atoms with Crippen LogP contribution in [0.2, 0.25) is 0 Å². The van der Waals surface area contributed by atoms with Crippen LogP contribution in [0.25, 0.3) is 99.5 Å². The zero-order chi connectivity index (χ0) is 53.5. The van der Waals surface area contributed by atoms with E-state index in [0.717, 1.165) is 5.39 Å². The van der Waals surface area contributed by atoms with Crippen molar-refractivity contribution < 1.29 is 26.0 Å². The Balaban J connectivity index is 1.28. The summed E-state index contributed by atoms with van der Waals surface area (Å²) in [5.41, 5.74) is 2.08. The maximum Gasteiger partial charge on any atom is 0.0645 e. The molecule has 11 rings (SSSR count). The number of para-hydroxylation sites is 3. The van der Waals surface area contributed by atoms with E-state index in [-0.39, 0.29) is 68.2 Å². The lowest BCUT2D eigenvalue weighted by molar-refractivity contribution is 1.17. The highest BCUT2D eigenvalue weighted by Crippen LogP contribution is 2.45. The Hall–Kier alpha value is -7.42. The summed E-state index contributed by atoms with van der Waals surface area (Å²) < 4.78 is 172. The van der Waals surface area contributed by atoms with Crippen molar-refractivity contribution >= 4 is 43.6 Å². The fourth-order valence-corrected chi connectivity index (χ4v) is 7.84. The average molecular weight is 732 g/mol. The number of hydrogen-bond donors (Lipinski definition) is 0. The van der Waals surface area contributed by atoms with E-state index in [2.05, 4.69) is 0 Å². The Kier molecular flexibility index (Phi) is 4.29. The first-order chi connectivity index (χ1) is 35.7. The van der Waals surface area contributed by atoms with E-state index in [9.17, 15) is 6.85 Å². The second-order valence-electron chi connectivity index (χ2n) is 13.1. The average Bonchev–Trinajstić information content (AvgIpc) is 3.95. The smallest absolute Gasteiger partial charge is 0.0645 e. The standard InChI is InChI=1S/C54H36N2/c1-4-18-37(19-5-1)41-35-46(38-20-6-2-7-21-38)53(47(36-41)39-22-8-3-9-23-39)40-24-16-25-42(34-40)55-50-31-15-12-28-45(50)54-51(55)32-17-33-52(54)56-48-29-13-10-26-43(48)44-27-11-14-30-49(44)56/h1-36H/i1D,2D,3D,4D,5D,6D,7D,8D,9D,10D,13D,18D,19D,20D,21D,22D,23D,26D,29D. The first-order valence-electron chi connectivity index (χ1n) is 27.2. The van der Waals surface area contributed by atoms with E-state index >= 15 is 0 Å². The van der Waals surface area contributed by atoms with E-state index in [4.69, 9.17) is 19.2 Å². The SMILES string of the molecule is [2H]c1c([2H])c([2H])c(-c2cc(-c3c([2H])c([2H])c([2H])c([2H])c3[2H])c(-c3cccc(-n4c5ccccc5c5c(-n6c7ccccc7c7c([2H])c([2H])c([2H])c([2H])c76)cccc54)c3)c(-c3c([2H])c([2H])c([2H])c([2H])c3[2H])c2)c([2H])c1[2H]. The lowest BCUT2D eigenvalue weighted by Gasteiger charge is -2.20. The van der Waals surface area contributed by atoms with Gasteiger partial charge in [0.05, 0.1) is 53.8 Å². The third-order valence-corrected chi connectivity index (χ3v) is 10.1. The molecule has 0 fully saturated rings. The molecule has 0 aliphatic heterocycles. The molecule has 0 atom stereocenters. The number of rotatable bonds is 6. The van der Waals surface area contributed by atoms with Crippen LogP contribution in [-0.2, 0) is 0 Å². The molecular weight excluding hydrogens is 677 g/mol. The molecule has 262 valence electrons. The summed E-state index contributed by atoms with van der Waals surface area (Å²) in [5.74, 6) is 0. The third kappa shape index (κ3) is 5.11. The van der Waals surface area contributed by atoms with Crippen molar-refractivity contribution in [1.29, 1.82) is 0 Å².